The molecule has 0 aliphatic rings. The van der Waals surface area contributed by atoms with Gasteiger partial charge in [-0.05, 0) is 44.9 Å². The first-order valence-electron chi connectivity index (χ1n) is 9.39. The van der Waals surface area contributed by atoms with E-state index in [1.807, 2.05) is 62.4 Å². The van der Waals surface area contributed by atoms with Crippen LogP contribution in [0.25, 0.3) is 5.69 Å². The summed E-state index contributed by atoms with van der Waals surface area (Å²) in [5.41, 5.74) is 4.40. The Labute approximate surface area is 169 Å². The summed E-state index contributed by atoms with van der Waals surface area (Å²) in [5.74, 6) is -1.05. The van der Waals surface area contributed by atoms with Crippen LogP contribution in [0.1, 0.15) is 39.8 Å². The molecule has 0 fully saturated rings. The van der Waals surface area contributed by atoms with E-state index < -0.39 is 12.1 Å². The fourth-order valence-corrected chi connectivity index (χ4v) is 2.90. The fraction of sp³-hybridized carbons (Fsp3) is 0.273. The molecule has 3 rings (SSSR count). The van der Waals surface area contributed by atoms with Crippen LogP contribution in [0.4, 0.5) is 0 Å². The van der Waals surface area contributed by atoms with E-state index in [-0.39, 0.29) is 11.6 Å². The van der Waals surface area contributed by atoms with Gasteiger partial charge in [-0.2, -0.15) is 9.90 Å². The molecule has 150 valence electrons. The molecule has 7 heteroatoms. The third-order valence-electron chi connectivity index (χ3n) is 4.51. The molecule has 0 radical (unpaired) electrons. The third-order valence-corrected chi connectivity index (χ3v) is 4.51. The van der Waals surface area contributed by atoms with Gasteiger partial charge in [0.25, 0.3) is 5.91 Å². The monoisotopic (exact) mass is 392 g/mol. The van der Waals surface area contributed by atoms with Gasteiger partial charge in [-0.3, -0.25) is 4.79 Å². The van der Waals surface area contributed by atoms with Gasteiger partial charge in [0.1, 0.15) is 0 Å². The maximum atomic E-state index is 12.5. The van der Waals surface area contributed by atoms with Gasteiger partial charge in [-0.25, -0.2) is 4.79 Å². The molecule has 2 aromatic carbocycles. The summed E-state index contributed by atoms with van der Waals surface area (Å²) in [6.07, 6.45) is -0.947. The van der Waals surface area contributed by atoms with E-state index in [0.717, 1.165) is 22.4 Å². The largest absolute Gasteiger partial charge is 0.448 e. The maximum absolute atomic E-state index is 12.5. The molecular formula is C22H24N4O3. The third kappa shape index (κ3) is 4.87. The Morgan fingerprint density at radius 2 is 1.79 bits per heavy atom. The van der Waals surface area contributed by atoms with Gasteiger partial charge in [-0.15, -0.1) is 5.10 Å². The van der Waals surface area contributed by atoms with Gasteiger partial charge < -0.3 is 10.1 Å². The zero-order valence-electron chi connectivity index (χ0n) is 17.0. The van der Waals surface area contributed by atoms with Crippen molar-refractivity contribution in [2.24, 2.45) is 0 Å². The Balaban J connectivity index is 1.65. The van der Waals surface area contributed by atoms with E-state index in [0.29, 0.717) is 12.2 Å². The number of ether oxygens (including phenoxy) is 1. The second kappa shape index (κ2) is 8.68. The number of carbonyl (C=O) groups excluding carboxylic acids is 2. The van der Waals surface area contributed by atoms with Crippen LogP contribution in [0.3, 0.4) is 0 Å². The van der Waals surface area contributed by atoms with E-state index in [4.69, 9.17) is 4.74 Å². The average Bonchev–Trinajstić information content (AvgIpc) is 3.08. The van der Waals surface area contributed by atoms with Crippen LogP contribution in [-0.4, -0.2) is 33.0 Å². The lowest BCUT2D eigenvalue weighted by Crippen LogP contribution is -2.35. The highest BCUT2D eigenvalue weighted by Gasteiger charge is 2.23. The van der Waals surface area contributed by atoms with Crippen LogP contribution in [0.5, 0.6) is 0 Å². The summed E-state index contributed by atoms with van der Waals surface area (Å²) in [6, 6.07) is 15.4. The van der Waals surface area contributed by atoms with Crippen molar-refractivity contribution in [1.29, 1.82) is 0 Å². The van der Waals surface area contributed by atoms with Crippen LogP contribution >= 0.6 is 0 Å². The Hall–Kier alpha value is -3.48. The molecule has 3 aromatic rings. The van der Waals surface area contributed by atoms with Crippen molar-refractivity contribution in [1.82, 2.24) is 20.3 Å². The molecule has 0 aliphatic carbocycles. The minimum atomic E-state index is -0.947. The van der Waals surface area contributed by atoms with Gasteiger partial charge >= 0.3 is 5.97 Å². The smallest absolute Gasteiger partial charge is 0.361 e. The minimum absolute atomic E-state index is 0.0904. The summed E-state index contributed by atoms with van der Waals surface area (Å²) in [5, 5.41) is 11.4. The van der Waals surface area contributed by atoms with Crippen molar-refractivity contribution in [3.05, 3.63) is 76.6 Å². The van der Waals surface area contributed by atoms with Crippen LogP contribution in [0.15, 0.2) is 48.5 Å². The molecule has 7 nitrogen and oxygen atoms in total. The van der Waals surface area contributed by atoms with Crippen molar-refractivity contribution in [2.75, 3.05) is 0 Å². The first-order valence-corrected chi connectivity index (χ1v) is 9.39. The number of hydrogen-bond donors (Lipinski definition) is 1. The minimum Gasteiger partial charge on any atom is -0.448 e. The lowest BCUT2D eigenvalue weighted by Gasteiger charge is -2.13. The topological polar surface area (TPSA) is 86.1 Å². The molecule has 1 heterocycles. The van der Waals surface area contributed by atoms with Crippen molar-refractivity contribution >= 4 is 11.9 Å². The van der Waals surface area contributed by atoms with E-state index in [1.54, 1.807) is 6.92 Å². The standard InChI is InChI=1S/C22H24N4O3/c1-14-10-11-19(15(2)12-14)26-24-16(3)20(25-26)22(28)29-17(4)21(27)23-13-18-8-6-5-7-9-18/h5-12,17H,13H2,1-4H3,(H,23,27)/t17-/m0/s1. The molecular weight excluding hydrogens is 368 g/mol. The summed E-state index contributed by atoms with van der Waals surface area (Å²) >= 11 is 0. The van der Waals surface area contributed by atoms with Crippen LogP contribution in [0.2, 0.25) is 0 Å². The average molecular weight is 392 g/mol. The Morgan fingerprint density at radius 1 is 1.07 bits per heavy atom. The normalized spacial score (nSPS) is 11.7. The van der Waals surface area contributed by atoms with E-state index in [2.05, 4.69) is 15.5 Å². The Kier molecular flexibility index (Phi) is 6.07. The molecule has 0 aliphatic heterocycles. The number of esters is 1. The van der Waals surface area contributed by atoms with E-state index in [1.165, 1.54) is 11.7 Å². The zero-order valence-corrected chi connectivity index (χ0v) is 17.0. The summed E-state index contributed by atoms with van der Waals surface area (Å²) in [7, 11) is 0. The van der Waals surface area contributed by atoms with Gasteiger partial charge in [0.05, 0.1) is 11.4 Å². The lowest BCUT2D eigenvalue weighted by atomic mass is 10.1. The lowest BCUT2D eigenvalue weighted by molar-refractivity contribution is -0.129. The first kappa shape index (κ1) is 20.3. The van der Waals surface area contributed by atoms with Crippen molar-refractivity contribution in [3.8, 4) is 5.69 Å². The molecule has 0 saturated heterocycles. The number of hydrogen-bond acceptors (Lipinski definition) is 5. The molecule has 1 atom stereocenters. The van der Waals surface area contributed by atoms with Crippen molar-refractivity contribution < 1.29 is 14.3 Å². The molecule has 29 heavy (non-hydrogen) atoms. The second-order valence-electron chi connectivity index (χ2n) is 6.96. The molecule has 0 unspecified atom stereocenters. The first-order chi connectivity index (χ1) is 13.8. The predicted octanol–water partition coefficient (Wildman–Crippen LogP) is 3.05. The van der Waals surface area contributed by atoms with Gasteiger partial charge in [0, 0.05) is 6.54 Å². The van der Waals surface area contributed by atoms with Gasteiger partial charge in [-0.1, -0.05) is 48.0 Å². The molecule has 0 spiro atoms. The maximum Gasteiger partial charge on any atom is 0.361 e. The van der Waals surface area contributed by atoms with Crippen LogP contribution < -0.4 is 5.32 Å². The predicted molar refractivity (Wildman–Crippen MR) is 109 cm³/mol. The zero-order chi connectivity index (χ0) is 21.0. The fourth-order valence-electron chi connectivity index (χ4n) is 2.90. The number of amides is 1. The quantitative estimate of drug-likeness (QED) is 0.652. The molecule has 0 bridgehead atoms. The number of nitrogens with zero attached hydrogens (tertiary/aromatic N) is 3. The number of nitrogens with one attached hydrogen (secondary N) is 1. The number of aromatic nitrogens is 3. The van der Waals surface area contributed by atoms with Gasteiger partial charge in [0.2, 0.25) is 0 Å². The highest BCUT2D eigenvalue weighted by Crippen LogP contribution is 2.16. The number of aryl methyl sites for hydroxylation is 3. The van der Waals surface area contributed by atoms with Gasteiger partial charge in [0.15, 0.2) is 11.8 Å². The van der Waals surface area contributed by atoms with Crippen molar-refractivity contribution in [3.63, 3.8) is 0 Å². The highest BCUT2D eigenvalue weighted by molar-refractivity contribution is 5.91. The number of benzene rings is 2. The van der Waals surface area contributed by atoms with E-state index >= 15 is 0 Å². The summed E-state index contributed by atoms with van der Waals surface area (Å²) < 4.78 is 5.30. The number of carbonyl (C=O) groups is 2. The molecule has 1 aromatic heterocycles. The second-order valence-corrected chi connectivity index (χ2v) is 6.96. The Bertz CT molecular complexity index is 1030. The summed E-state index contributed by atoms with van der Waals surface area (Å²) in [6.45, 7) is 7.54. The molecule has 1 N–H and O–H groups in total. The highest BCUT2D eigenvalue weighted by atomic mass is 16.5. The Morgan fingerprint density at radius 3 is 2.48 bits per heavy atom. The van der Waals surface area contributed by atoms with Crippen LogP contribution in [0, 0.1) is 20.8 Å². The molecule has 0 saturated carbocycles. The van der Waals surface area contributed by atoms with Crippen LogP contribution in [-0.2, 0) is 16.1 Å². The number of rotatable bonds is 6. The van der Waals surface area contributed by atoms with Crippen molar-refractivity contribution in [2.45, 2.75) is 40.3 Å². The SMILES string of the molecule is Cc1ccc(-n2nc(C)c(C(=O)O[C@@H](C)C(=O)NCc3ccccc3)n2)c(C)c1. The van der Waals surface area contributed by atoms with E-state index in [9.17, 15) is 9.59 Å². The molecule has 1 amide bonds. The summed E-state index contributed by atoms with van der Waals surface area (Å²) in [4.78, 5) is 26.2.